The quantitative estimate of drug-likeness (QED) is 0.160. The number of nitrogens with one attached hydrogen (secondary N) is 2. The van der Waals surface area contributed by atoms with Crippen LogP contribution in [0.5, 0.6) is 23.0 Å². The van der Waals surface area contributed by atoms with Gasteiger partial charge in [-0.05, 0) is 66.6 Å². The van der Waals surface area contributed by atoms with Crippen LogP contribution in [0.4, 0.5) is 5.95 Å². The average Bonchev–Trinajstić information content (AvgIpc) is 3.04. The Kier molecular flexibility index (Phi) is 9.71. The first kappa shape index (κ1) is 29.4. The van der Waals surface area contributed by atoms with E-state index in [-0.39, 0.29) is 12.5 Å². The molecule has 0 fully saturated rings. The van der Waals surface area contributed by atoms with Crippen LogP contribution >= 0.6 is 11.6 Å². The van der Waals surface area contributed by atoms with Crippen molar-refractivity contribution in [1.82, 2.24) is 15.3 Å². The number of amides is 1. The van der Waals surface area contributed by atoms with Crippen molar-refractivity contribution in [3.05, 3.63) is 114 Å². The van der Waals surface area contributed by atoms with Gasteiger partial charge in [-0.25, -0.2) is 9.97 Å². The number of aromatic nitrogens is 2. The Labute approximate surface area is 255 Å². The van der Waals surface area contributed by atoms with E-state index in [1.807, 2.05) is 103 Å². The Hall–Kier alpha value is -5.08. The van der Waals surface area contributed by atoms with Gasteiger partial charge in [0, 0.05) is 22.7 Å². The number of nitrogens with zero attached hydrogens (tertiary/aromatic N) is 2. The summed E-state index contributed by atoms with van der Waals surface area (Å²) in [7, 11) is 3.19. The third-order valence-corrected chi connectivity index (χ3v) is 6.82. The lowest BCUT2D eigenvalue weighted by Crippen LogP contribution is -2.31. The van der Waals surface area contributed by atoms with Crippen molar-refractivity contribution >= 4 is 23.5 Å². The maximum Gasteiger partial charge on any atom is 0.239 e. The van der Waals surface area contributed by atoms with Gasteiger partial charge in [-0.15, -0.1) is 0 Å². The SMILES string of the molecule is COc1ccc(CCNC(=O)CNc2nc(-c3ccc(Cl)cc3)cc(-c3cccc(Oc4ccccc4)c3)n2)cc1OC. The third-order valence-electron chi connectivity index (χ3n) is 6.57. The van der Waals surface area contributed by atoms with Crippen LogP contribution in [0.3, 0.4) is 0 Å². The van der Waals surface area contributed by atoms with E-state index >= 15 is 0 Å². The summed E-state index contributed by atoms with van der Waals surface area (Å²) in [6, 6.07) is 32.3. The zero-order valence-electron chi connectivity index (χ0n) is 23.8. The molecule has 1 amide bonds. The van der Waals surface area contributed by atoms with Crippen LogP contribution in [0.2, 0.25) is 5.02 Å². The molecule has 1 heterocycles. The fraction of sp³-hybridized carbons (Fsp3) is 0.147. The molecule has 1 aromatic heterocycles. The predicted molar refractivity (Wildman–Crippen MR) is 169 cm³/mol. The molecule has 0 saturated carbocycles. The number of benzene rings is 4. The summed E-state index contributed by atoms with van der Waals surface area (Å²) in [4.78, 5) is 22.1. The highest BCUT2D eigenvalue weighted by Gasteiger charge is 2.12. The molecule has 0 unspecified atom stereocenters. The van der Waals surface area contributed by atoms with Crippen LogP contribution in [0, 0.1) is 0 Å². The lowest BCUT2D eigenvalue weighted by Gasteiger charge is -2.12. The van der Waals surface area contributed by atoms with Gasteiger partial charge in [-0.3, -0.25) is 4.79 Å². The number of para-hydroxylation sites is 1. The Morgan fingerprint density at radius 1 is 0.744 bits per heavy atom. The first-order valence-electron chi connectivity index (χ1n) is 13.7. The summed E-state index contributed by atoms with van der Waals surface area (Å²) < 4.78 is 16.7. The number of methoxy groups -OCH3 is 2. The molecule has 0 aliphatic carbocycles. The van der Waals surface area contributed by atoms with Gasteiger partial charge >= 0.3 is 0 Å². The number of carbonyl (C=O) groups excluding carboxylic acids is 1. The average molecular weight is 595 g/mol. The number of anilines is 1. The fourth-order valence-corrected chi connectivity index (χ4v) is 4.52. The highest BCUT2D eigenvalue weighted by Crippen LogP contribution is 2.30. The van der Waals surface area contributed by atoms with Gasteiger partial charge in [-0.1, -0.05) is 60.1 Å². The molecule has 0 aliphatic rings. The summed E-state index contributed by atoms with van der Waals surface area (Å²) >= 11 is 6.12. The molecule has 0 spiro atoms. The van der Waals surface area contributed by atoms with Crippen molar-refractivity contribution in [2.75, 3.05) is 32.6 Å². The molecule has 4 aromatic carbocycles. The summed E-state index contributed by atoms with van der Waals surface area (Å²) in [5.74, 6) is 2.88. The van der Waals surface area contributed by atoms with Crippen LogP contribution in [0.15, 0.2) is 103 Å². The van der Waals surface area contributed by atoms with Gasteiger partial charge < -0.3 is 24.8 Å². The van der Waals surface area contributed by atoms with Crippen molar-refractivity contribution in [1.29, 1.82) is 0 Å². The minimum atomic E-state index is -0.180. The molecule has 9 heteroatoms. The third kappa shape index (κ3) is 8.02. The summed E-state index contributed by atoms with van der Waals surface area (Å²) in [6.07, 6.45) is 0.639. The fourth-order valence-electron chi connectivity index (χ4n) is 4.39. The monoisotopic (exact) mass is 594 g/mol. The topological polar surface area (TPSA) is 94.6 Å². The molecule has 5 rings (SSSR count). The van der Waals surface area contributed by atoms with Gasteiger partial charge in [0.1, 0.15) is 11.5 Å². The van der Waals surface area contributed by atoms with Crippen molar-refractivity contribution in [3.8, 4) is 45.5 Å². The smallest absolute Gasteiger partial charge is 0.239 e. The second kappa shape index (κ2) is 14.2. The van der Waals surface area contributed by atoms with Gasteiger partial charge in [0.2, 0.25) is 11.9 Å². The molecule has 0 saturated heterocycles. The van der Waals surface area contributed by atoms with E-state index in [0.717, 1.165) is 22.4 Å². The second-order valence-corrected chi connectivity index (χ2v) is 9.99. The van der Waals surface area contributed by atoms with E-state index in [0.29, 0.717) is 52.6 Å². The van der Waals surface area contributed by atoms with Crippen LogP contribution in [0.25, 0.3) is 22.5 Å². The van der Waals surface area contributed by atoms with Crippen molar-refractivity contribution < 1.29 is 19.0 Å². The Morgan fingerprint density at radius 2 is 1.47 bits per heavy atom. The number of hydrogen-bond donors (Lipinski definition) is 2. The maximum absolute atomic E-state index is 12.7. The van der Waals surface area contributed by atoms with Gasteiger partial charge in [-0.2, -0.15) is 0 Å². The molecule has 8 nitrogen and oxygen atoms in total. The van der Waals surface area contributed by atoms with Crippen LogP contribution in [-0.2, 0) is 11.2 Å². The van der Waals surface area contributed by atoms with Gasteiger partial charge in [0.15, 0.2) is 11.5 Å². The zero-order chi connectivity index (χ0) is 30.0. The van der Waals surface area contributed by atoms with Crippen LogP contribution in [-0.4, -0.2) is 43.2 Å². The lowest BCUT2D eigenvalue weighted by atomic mass is 10.1. The van der Waals surface area contributed by atoms with Crippen molar-refractivity contribution in [2.24, 2.45) is 0 Å². The zero-order valence-corrected chi connectivity index (χ0v) is 24.6. The van der Waals surface area contributed by atoms with E-state index < -0.39 is 0 Å². The summed E-state index contributed by atoms with van der Waals surface area (Å²) in [5.41, 5.74) is 4.09. The standard InChI is InChI=1S/C34H31ClN4O4/c1-41-31-16-11-23(19-32(31)42-2)17-18-36-33(40)22-37-34-38-29(24-12-14-26(35)15-13-24)21-30(39-34)25-7-6-10-28(20-25)43-27-8-4-3-5-9-27/h3-16,19-21H,17-18,22H2,1-2H3,(H,36,40)(H,37,38,39). The molecule has 0 aliphatic heterocycles. The molecule has 0 bridgehead atoms. The second-order valence-electron chi connectivity index (χ2n) is 9.55. The molecule has 218 valence electrons. The van der Waals surface area contributed by atoms with E-state index in [2.05, 4.69) is 15.6 Å². The molecule has 0 radical (unpaired) electrons. The Morgan fingerprint density at radius 3 is 2.21 bits per heavy atom. The number of halogens is 1. The van der Waals surface area contributed by atoms with E-state index in [4.69, 9.17) is 30.8 Å². The van der Waals surface area contributed by atoms with E-state index in [9.17, 15) is 4.79 Å². The Bertz CT molecular complexity index is 1680. The van der Waals surface area contributed by atoms with Crippen molar-refractivity contribution in [3.63, 3.8) is 0 Å². The Balaban J connectivity index is 1.30. The van der Waals surface area contributed by atoms with E-state index in [1.54, 1.807) is 14.2 Å². The number of rotatable bonds is 12. The first-order valence-corrected chi connectivity index (χ1v) is 14.1. The number of ether oxygens (including phenoxy) is 3. The molecule has 43 heavy (non-hydrogen) atoms. The molecular formula is C34H31ClN4O4. The first-order chi connectivity index (χ1) is 21.0. The molecule has 2 N–H and O–H groups in total. The maximum atomic E-state index is 12.7. The highest BCUT2D eigenvalue weighted by molar-refractivity contribution is 6.30. The largest absolute Gasteiger partial charge is 0.493 e. The summed E-state index contributed by atoms with van der Waals surface area (Å²) in [6.45, 7) is 0.466. The highest BCUT2D eigenvalue weighted by atomic mass is 35.5. The van der Waals surface area contributed by atoms with Gasteiger partial charge in [0.05, 0.1) is 32.2 Å². The normalized spacial score (nSPS) is 10.6. The van der Waals surface area contributed by atoms with Crippen LogP contribution < -0.4 is 24.8 Å². The van der Waals surface area contributed by atoms with Crippen LogP contribution in [0.1, 0.15) is 5.56 Å². The van der Waals surface area contributed by atoms with E-state index in [1.165, 1.54) is 0 Å². The lowest BCUT2D eigenvalue weighted by molar-refractivity contribution is -0.119. The number of carbonyl (C=O) groups is 1. The minimum absolute atomic E-state index is 0.00655. The molecule has 0 atom stereocenters. The minimum Gasteiger partial charge on any atom is -0.493 e. The number of hydrogen-bond acceptors (Lipinski definition) is 7. The summed E-state index contributed by atoms with van der Waals surface area (Å²) in [5, 5.41) is 6.65. The molecular weight excluding hydrogens is 564 g/mol. The molecule has 5 aromatic rings. The predicted octanol–water partition coefficient (Wildman–Crippen LogP) is 7.04. The van der Waals surface area contributed by atoms with Crippen molar-refractivity contribution in [2.45, 2.75) is 6.42 Å². The van der Waals surface area contributed by atoms with Gasteiger partial charge in [0.25, 0.3) is 0 Å².